The maximum atomic E-state index is 14.1. The van der Waals surface area contributed by atoms with Crippen LogP contribution in [-0.4, -0.2) is 22.4 Å². The molecule has 4 heteroatoms. The van der Waals surface area contributed by atoms with Crippen LogP contribution >= 0.6 is 0 Å². The third-order valence-corrected chi connectivity index (χ3v) is 4.77. The minimum absolute atomic E-state index is 0.0996. The van der Waals surface area contributed by atoms with Gasteiger partial charge >= 0.3 is 0 Å². The summed E-state index contributed by atoms with van der Waals surface area (Å²) in [4.78, 5) is 14.6. The van der Waals surface area contributed by atoms with Gasteiger partial charge in [-0.2, -0.15) is 0 Å². The molecule has 1 saturated carbocycles. The van der Waals surface area contributed by atoms with Gasteiger partial charge in [0.15, 0.2) is 0 Å². The Kier molecular flexibility index (Phi) is 3.09. The van der Waals surface area contributed by atoms with Crippen LogP contribution in [0.5, 0.6) is 0 Å². The molecule has 0 aromatic heterocycles. The summed E-state index contributed by atoms with van der Waals surface area (Å²) >= 11 is 0. The largest absolute Gasteiger partial charge is 0.318 e. The third kappa shape index (κ3) is 1.94. The standard InChI is InChI=1S/C16H21FN2O/c1-4-16(3)15(20)19(13-9-10(13)2)14(18-16)11-7-5-6-8-12(11)17/h5-8,10,13-14,18H,4,9H2,1-3H3. The number of hydrogen-bond acceptors (Lipinski definition) is 2. The van der Waals surface area contributed by atoms with Gasteiger partial charge in [-0.3, -0.25) is 10.1 Å². The van der Waals surface area contributed by atoms with Gasteiger partial charge in [-0.1, -0.05) is 32.0 Å². The molecular formula is C16H21FN2O. The lowest BCUT2D eigenvalue weighted by atomic mass is 9.99. The van der Waals surface area contributed by atoms with Crippen LogP contribution < -0.4 is 5.32 Å². The van der Waals surface area contributed by atoms with E-state index in [0.717, 1.165) is 6.42 Å². The van der Waals surface area contributed by atoms with Crippen LogP contribution in [0.1, 0.15) is 45.3 Å². The fraction of sp³-hybridized carbons (Fsp3) is 0.562. The fourth-order valence-electron chi connectivity index (χ4n) is 3.05. The van der Waals surface area contributed by atoms with Gasteiger partial charge in [-0.05, 0) is 31.7 Å². The zero-order valence-corrected chi connectivity index (χ0v) is 12.2. The average Bonchev–Trinajstić information content (AvgIpc) is 3.08. The smallest absolute Gasteiger partial charge is 0.244 e. The van der Waals surface area contributed by atoms with Crippen LogP contribution in [0.15, 0.2) is 24.3 Å². The molecule has 4 unspecified atom stereocenters. The van der Waals surface area contributed by atoms with E-state index in [2.05, 4.69) is 12.2 Å². The van der Waals surface area contributed by atoms with Gasteiger partial charge in [0, 0.05) is 11.6 Å². The van der Waals surface area contributed by atoms with E-state index in [0.29, 0.717) is 17.9 Å². The zero-order chi connectivity index (χ0) is 14.5. The van der Waals surface area contributed by atoms with Crippen LogP contribution in [0, 0.1) is 11.7 Å². The lowest BCUT2D eigenvalue weighted by molar-refractivity contribution is -0.133. The number of rotatable bonds is 3. The molecule has 0 bridgehead atoms. The molecule has 3 rings (SSSR count). The predicted molar refractivity (Wildman–Crippen MR) is 75.4 cm³/mol. The molecule has 1 aromatic rings. The van der Waals surface area contributed by atoms with E-state index in [-0.39, 0.29) is 23.9 Å². The first kappa shape index (κ1) is 13.6. The van der Waals surface area contributed by atoms with Crippen molar-refractivity contribution in [1.82, 2.24) is 10.2 Å². The van der Waals surface area contributed by atoms with E-state index in [1.807, 2.05) is 24.8 Å². The zero-order valence-electron chi connectivity index (χ0n) is 12.2. The highest BCUT2D eigenvalue weighted by atomic mass is 19.1. The maximum Gasteiger partial charge on any atom is 0.244 e. The summed E-state index contributed by atoms with van der Waals surface area (Å²) in [6.45, 7) is 6.04. The molecule has 1 aromatic carbocycles. The number of benzene rings is 1. The lowest BCUT2D eigenvalue weighted by Crippen LogP contribution is -2.43. The Balaban J connectivity index is 2.00. The van der Waals surface area contributed by atoms with Crippen LogP contribution in [0.2, 0.25) is 0 Å². The summed E-state index contributed by atoms with van der Waals surface area (Å²) in [5.41, 5.74) is -0.0213. The molecule has 0 spiro atoms. The molecule has 108 valence electrons. The van der Waals surface area contributed by atoms with E-state index in [4.69, 9.17) is 0 Å². The van der Waals surface area contributed by atoms with Gasteiger partial charge in [-0.15, -0.1) is 0 Å². The van der Waals surface area contributed by atoms with Gasteiger partial charge in [0.05, 0.1) is 5.54 Å². The summed E-state index contributed by atoms with van der Waals surface area (Å²) in [6.07, 6.45) is 1.37. The summed E-state index contributed by atoms with van der Waals surface area (Å²) in [5, 5.41) is 3.35. The SMILES string of the molecule is CCC1(C)NC(c2ccccc2F)N(C2CC2C)C1=O. The Morgan fingerprint density at radius 1 is 1.45 bits per heavy atom. The Bertz CT molecular complexity index is 547. The number of nitrogens with one attached hydrogen (secondary N) is 1. The lowest BCUT2D eigenvalue weighted by Gasteiger charge is -2.25. The van der Waals surface area contributed by atoms with Crippen molar-refractivity contribution in [2.45, 2.75) is 51.4 Å². The first-order chi connectivity index (χ1) is 9.48. The second-order valence-corrected chi connectivity index (χ2v) is 6.25. The molecule has 1 amide bonds. The molecule has 1 saturated heterocycles. The van der Waals surface area contributed by atoms with E-state index in [1.54, 1.807) is 12.1 Å². The highest BCUT2D eigenvalue weighted by Gasteiger charge is 2.54. The first-order valence-electron chi connectivity index (χ1n) is 7.33. The number of hydrogen-bond donors (Lipinski definition) is 1. The molecule has 3 nitrogen and oxygen atoms in total. The van der Waals surface area contributed by atoms with Crippen molar-refractivity contribution in [3.63, 3.8) is 0 Å². The Hall–Kier alpha value is -1.42. The van der Waals surface area contributed by atoms with Gasteiger partial charge in [0.25, 0.3) is 0 Å². The van der Waals surface area contributed by atoms with Gasteiger partial charge in [-0.25, -0.2) is 4.39 Å². The molecular weight excluding hydrogens is 255 g/mol. The minimum atomic E-state index is -0.588. The Labute approximate surface area is 119 Å². The van der Waals surface area contributed by atoms with Crippen molar-refractivity contribution in [3.05, 3.63) is 35.6 Å². The molecule has 1 heterocycles. The molecule has 0 radical (unpaired) electrons. The summed E-state index contributed by atoms with van der Waals surface area (Å²) in [7, 11) is 0. The van der Waals surface area contributed by atoms with E-state index < -0.39 is 5.54 Å². The van der Waals surface area contributed by atoms with Crippen LogP contribution in [-0.2, 0) is 4.79 Å². The third-order valence-electron chi connectivity index (χ3n) is 4.77. The maximum absolute atomic E-state index is 14.1. The van der Waals surface area contributed by atoms with Gasteiger partial charge < -0.3 is 4.90 Å². The van der Waals surface area contributed by atoms with Crippen molar-refractivity contribution in [3.8, 4) is 0 Å². The number of halogens is 1. The number of carbonyl (C=O) groups is 1. The Morgan fingerprint density at radius 3 is 2.65 bits per heavy atom. The van der Waals surface area contributed by atoms with E-state index >= 15 is 0 Å². The van der Waals surface area contributed by atoms with Crippen molar-refractivity contribution in [2.75, 3.05) is 0 Å². The van der Waals surface area contributed by atoms with Crippen LogP contribution in [0.4, 0.5) is 4.39 Å². The second kappa shape index (κ2) is 4.55. The van der Waals surface area contributed by atoms with E-state index in [9.17, 15) is 9.18 Å². The first-order valence-corrected chi connectivity index (χ1v) is 7.33. The van der Waals surface area contributed by atoms with Crippen molar-refractivity contribution in [2.24, 2.45) is 5.92 Å². The molecule has 2 fully saturated rings. The summed E-state index contributed by atoms with van der Waals surface area (Å²) in [6, 6.07) is 6.96. The molecule has 1 N–H and O–H groups in total. The number of nitrogens with zero attached hydrogens (tertiary/aromatic N) is 1. The monoisotopic (exact) mass is 276 g/mol. The predicted octanol–water partition coefficient (Wildman–Crippen LogP) is 2.83. The van der Waals surface area contributed by atoms with Crippen molar-refractivity contribution >= 4 is 5.91 Å². The summed E-state index contributed by atoms with van der Waals surface area (Å²) < 4.78 is 14.1. The van der Waals surface area contributed by atoms with Crippen molar-refractivity contribution in [1.29, 1.82) is 0 Å². The van der Waals surface area contributed by atoms with Crippen LogP contribution in [0.3, 0.4) is 0 Å². The molecule has 2 aliphatic rings. The molecule has 1 aliphatic heterocycles. The highest BCUT2D eigenvalue weighted by molar-refractivity contribution is 5.89. The quantitative estimate of drug-likeness (QED) is 0.920. The molecule has 1 aliphatic carbocycles. The van der Waals surface area contributed by atoms with Crippen LogP contribution in [0.25, 0.3) is 0 Å². The fourth-order valence-corrected chi connectivity index (χ4v) is 3.05. The topological polar surface area (TPSA) is 32.3 Å². The Morgan fingerprint density at radius 2 is 2.10 bits per heavy atom. The molecule has 20 heavy (non-hydrogen) atoms. The van der Waals surface area contributed by atoms with Crippen molar-refractivity contribution < 1.29 is 9.18 Å². The molecule has 4 atom stereocenters. The van der Waals surface area contributed by atoms with E-state index in [1.165, 1.54) is 6.07 Å². The van der Waals surface area contributed by atoms with Gasteiger partial charge in [0.2, 0.25) is 5.91 Å². The average molecular weight is 276 g/mol. The summed E-state index contributed by atoms with van der Waals surface area (Å²) in [5.74, 6) is 0.355. The highest BCUT2D eigenvalue weighted by Crippen LogP contribution is 2.44. The van der Waals surface area contributed by atoms with Gasteiger partial charge in [0.1, 0.15) is 12.0 Å². The number of amides is 1. The minimum Gasteiger partial charge on any atom is -0.318 e. The number of carbonyl (C=O) groups excluding carboxylic acids is 1. The second-order valence-electron chi connectivity index (χ2n) is 6.25. The normalized spacial score (nSPS) is 36.5.